The molecule has 1 atom stereocenters. The molecule has 1 aliphatic rings. The van der Waals surface area contributed by atoms with Gasteiger partial charge in [0, 0.05) is 13.1 Å². The molecule has 6 nitrogen and oxygen atoms in total. The van der Waals surface area contributed by atoms with Gasteiger partial charge in [0.1, 0.15) is 11.9 Å². The number of hydrogen-bond donors (Lipinski definition) is 2. The lowest BCUT2D eigenvalue weighted by molar-refractivity contribution is -0.143. The van der Waals surface area contributed by atoms with E-state index in [-0.39, 0.29) is 18.1 Å². The van der Waals surface area contributed by atoms with E-state index < -0.39 is 5.97 Å². The van der Waals surface area contributed by atoms with Gasteiger partial charge in [0.2, 0.25) is 0 Å². The van der Waals surface area contributed by atoms with Crippen LogP contribution in [0.15, 0.2) is 24.3 Å². The van der Waals surface area contributed by atoms with Gasteiger partial charge in [-0.1, -0.05) is 26.0 Å². The van der Waals surface area contributed by atoms with Crippen LogP contribution in [-0.4, -0.2) is 47.7 Å². The quantitative estimate of drug-likeness (QED) is 0.828. The molecule has 1 unspecified atom stereocenters. The Bertz CT molecular complexity index is 578. The highest BCUT2D eigenvalue weighted by atomic mass is 16.5. The number of rotatable bonds is 6. The molecule has 0 spiro atoms. The smallest absolute Gasteiger partial charge is 0.317 e. The van der Waals surface area contributed by atoms with E-state index in [9.17, 15) is 9.59 Å². The summed E-state index contributed by atoms with van der Waals surface area (Å²) in [5.74, 6) is 0.162. The van der Waals surface area contributed by atoms with Crippen molar-refractivity contribution in [2.75, 3.05) is 19.6 Å². The van der Waals surface area contributed by atoms with Crippen molar-refractivity contribution in [3.05, 3.63) is 29.8 Å². The second-order valence-electron chi connectivity index (χ2n) is 6.94. The van der Waals surface area contributed by atoms with Gasteiger partial charge >= 0.3 is 12.0 Å². The second-order valence-corrected chi connectivity index (χ2v) is 6.94. The molecule has 1 saturated heterocycles. The SMILES string of the molecule is CC(CNC(=O)N1CCC(C(=O)O)CC1)Oc1ccc(C(C)C)cc1. The lowest BCUT2D eigenvalue weighted by Crippen LogP contribution is -2.47. The Kier molecular flexibility index (Phi) is 6.67. The largest absolute Gasteiger partial charge is 0.489 e. The highest BCUT2D eigenvalue weighted by Gasteiger charge is 2.26. The van der Waals surface area contributed by atoms with Crippen LogP contribution in [0.2, 0.25) is 0 Å². The third kappa shape index (κ3) is 5.66. The Hall–Kier alpha value is -2.24. The van der Waals surface area contributed by atoms with E-state index in [1.54, 1.807) is 4.90 Å². The van der Waals surface area contributed by atoms with Gasteiger partial charge < -0.3 is 20.1 Å². The number of piperidine rings is 1. The first-order valence-electron chi connectivity index (χ1n) is 8.89. The summed E-state index contributed by atoms with van der Waals surface area (Å²) < 4.78 is 5.82. The van der Waals surface area contributed by atoms with Crippen LogP contribution in [0.5, 0.6) is 5.75 Å². The van der Waals surface area contributed by atoms with Crippen molar-refractivity contribution in [3.63, 3.8) is 0 Å². The van der Waals surface area contributed by atoms with Crippen LogP contribution < -0.4 is 10.1 Å². The minimum absolute atomic E-state index is 0.148. The van der Waals surface area contributed by atoms with Gasteiger partial charge in [-0.15, -0.1) is 0 Å². The van der Waals surface area contributed by atoms with Crippen LogP contribution in [0.3, 0.4) is 0 Å². The molecule has 2 amide bonds. The minimum Gasteiger partial charge on any atom is -0.489 e. The number of carbonyl (C=O) groups excluding carboxylic acids is 1. The predicted octanol–water partition coefficient (Wildman–Crippen LogP) is 3.08. The van der Waals surface area contributed by atoms with E-state index in [1.165, 1.54) is 5.56 Å². The van der Waals surface area contributed by atoms with Crippen molar-refractivity contribution in [1.29, 1.82) is 0 Å². The van der Waals surface area contributed by atoms with E-state index in [4.69, 9.17) is 9.84 Å². The molecule has 25 heavy (non-hydrogen) atoms. The molecule has 0 saturated carbocycles. The molecule has 1 aliphatic heterocycles. The van der Waals surface area contributed by atoms with Gasteiger partial charge in [0.15, 0.2) is 0 Å². The molecule has 1 aromatic rings. The summed E-state index contributed by atoms with van der Waals surface area (Å²) in [6.07, 6.45) is 0.874. The molecule has 2 N–H and O–H groups in total. The summed E-state index contributed by atoms with van der Waals surface area (Å²) in [5.41, 5.74) is 1.26. The number of hydrogen-bond acceptors (Lipinski definition) is 3. The molecule has 0 bridgehead atoms. The van der Waals surface area contributed by atoms with Crippen molar-refractivity contribution < 1.29 is 19.4 Å². The third-order valence-electron chi connectivity index (χ3n) is 4.56. The number of urea groups is 1. The number of carboxylic acid groups (broad SMARTS) is 1. The van der Waals surface area contributed by atoms with E-state index >= 15 is 0 Å². The molecule has 1 fully saturated rings. The van der Waals surface area contributed by atoms with Gasteiger partial charge in [-0.25, -0.2) is 4.79 Å². The van der Waals surface area contributed by atoms with E-state index in [2.05, 4.69) is 31.3 Å². The van der Waals surface area contributed by atoms with Gasteiger partial charge in [0.25, 0.3) is 0 Å². The van der Waals surface area contributed by atoms with Gasteiger partial charge in [-0.2, -0.15) is 0 Å². The van der Waals surface area contributed by atoms with Crippen molar-refractivity contribution in [2.45, 2.75) is 45.6 Å². The maximum Gasteiger partial charge on any atom is 0.317 e. The van der Waals surface area contributed by atoms with Crippen LogP contribution >= 0.6 is 0 Å². The maximum atomic E-state index is 12.2. The normalized spacial score (nSPS) is 16.6. The van der Waals surface area contributed by atoms with Crippen molar-refractivity contribution in [1.82, 2.24) is 10.2 Å². The Morgan fingerprint density at radius 1 is 1.20 bits per heavy atom. The molecule has 0 radical (unpaired) electrons. The summed E-state index contributed by atoms with van der Waals surface area (Å²) in [4.78, 5) is 24.8. The van der Waals surface area contributed by atoms with Crippen LogP contribution in [0.25, 0.3) is 0 Å². The Balaban J connectivity index is 1.73. The molecule has 0 aromatic heterocycles. The standard InChI is InChI=1S/C19H28N2O4/c1-13(2)15-4-6-17(7-5-15)25-14(3)12-20-19(24)21-10-8-16(9-11-21)18(22)23/h4-7,13-14,16H,8-12H2,1-3H3,(H,20,24)(H,22,23). The lowest BCUT2D eigenvalue weighted by atomic mass is 9.97. The molecule has 2 rings (SSSR count). The first-order valence-corrected chi connectivity index (χ1v) is 8.89. The van der Waals surface area contributed by atoms with Crippen LogP contribution in [0.4, 0.5) is 4.79 Å². The van der Waals surface area contributed by atoms with Crippen molar-refractivity contribution >= 4 is 12.0 Å². The van der Waals surface area contributed by atoms with E-state index in [0.717, 1.165) is 5.75 Å². The molecular weight excluding hydrogens is 320 g/mol. The Morgan fingerprint density at radius 3 is 2.32 bits per heavy atom. The average Bonchev–Trinajstić information content (AvgIpc) is 2.60. The highest BCUT2D eigenvalue weighted by molar-refractivity contribution is 5.75. The zero-order valence-corrected chi connectivity index (χ0v) is 15.2. The fourth-order valence-corrected chi connectivity index (χ4v) is 2.88. The fraction of sp³-hybridized carbons (Fsp3) is 0.579. The maximum absolute atomic E-state index is 12.2. The molecule has 0 aliphatic carbocycles. The van der Waals surface area contributed by atoms with Gasteiger partial charge in [0.05, 0.1) is 12.5 Å². The van der Waals surface area contributed by atoms with Gasteiger partial charge in [-0.3, -0.25) is 4.79 Å². The first-order chi connectivity index (χ1) is 11.9. The van der Waals surface area contributed by atoms with Crippen molar-refractivity contribution in [2.24, 2.45) is 5.92 Å². The minimum atomic E-state index is -0.773. The van der Waals surface area contributed by atoms with Crippen LogP contribution in [-0.2, 0) is 4.79 Å². The zero-order valence-electron chi connectivity index (χ0n) is 15.2. The summed E-state index contributed by atoms with van der Waals surface area (Å²) >= 11 is 0. The van der Waals surface area contributed by atoms with E-state index in [0.29, 0.717) is 38.4 Å². The number of ether oxygens (including phenoxy) is 1. The fourth-order valence-electron chi connectivity index (χ4n) is 2.88. The monoisotopic (exact) mass is 348 g/mol. The average molecular weight is 348 g/mol. The molecule has 6 heteroatoms. The van der Waals surface area contributed by atoms with Gasteiger partial charge in [-0.05, 0) is 43.4 Å². The Morgan fingerprint density at radius 2 is 1.80 bits per heavy atom. The number of likely N-dealkylation sites (tertiary alicyclic amines) is 1. The number of benzene rings is 1. The molecular formula is C19H28N2O4. The third-order valence-corrected chi connectivity index (χ3v) is 4.56. The number of carbonyl (C=O) groups is 2. The summed E-state index contributed by atoms with van der Waals surface area (Å²) in [6, 6.07) is 7.85. The number of nitrogens with one attached hydrogen (secondary N) is 1. The number of carboxylic acids is 1. The zero-order chi connectivity index (χ0) is 18.4. The highest BCUT2D eigenvalue weighted by Crippen LogP contribution is 2.19. The lowest BCUT2D eigenvalue weighted by Gasteiger charge is -2.30. The summed E-state index contributed by atoms with van der Waals surface area (Å²) in [7, 11) is 0. The topological polar surface area (TPSA) is 78.9 Å². The second kappa shape index (κ2) is 8.74. The van der Waals surface area contributed by atoms with E-state index in [1.807, 2.05) is 19.1 Å². The number of nitrogens with zero attached hydrogens (tertiary/aromatic N) is 1. The number of amides is 2. The number of aliphatic carboxylic acids is 1. The molecule has 138 valence electrons. The first kappa shape index (κ1) is 19.1. The molecule has 1 aromatic carbocycles. The van der Waals surface area contributed by atoms with Crippen LogP contribution in [0, 0.1) is 5.92 Å². The summed E-state index contributed by atoms with van der Waals surface area (Å²) in [6.45, 7) is 7.57. The molecule has 1 heterocycles. The predicted molar refractivity (Wildman–Crippen MR) is 96.0 cm³/mol. The van der Waals surface area contributed by atoms with Crippen molar-refractivity contribution in [3.8, 4) is 5.75 Å². The Labute approximate surface area is 149 Å². The van der Waals surface area contributed by atoms with Crippen LogP contribution in [0.1, 0.15) is 45.1 Å². The summed E-state index contributed by atoms with van der Waals surface area (Å²) in [5, 5.41) is 11.9.